The highest BCUT2D eigenvalue weighted by Crippen LogP contribution is 2.20. The molecule has 2 rings (SSSR count). The van der Waals surface area contributed by atoms with Crippen molar-refractivity contribution < 1.29 is 9.90 Å². The highest BCUT2D eigenvalue weighted by Gasteiger charge is 2.25. The van der Waals surface area contributed by atoms with Crippen LogP contribution in [0.15, 0.2) is 0 Å². The fraction of sp³-hybridized carbons (Fsp3) is 0.692. The van der Waals surface area contributed by atoms with Crippen LogP contribution in [0.25, 0.3) is 0 Å². The first-order chi connectivity index (χ1) is 9.11. The minimum Gasteiger partial charge on any atom is -0.394 e. The smallest absolute Gasteiger partial charge is 0.228 e. The van der Waals surface area contributed by atoms with Gasteiger partial charge in [-0.3, -0.25) is 4.79 Å². The van der Waals surface area contributed by atoms with E-state index in [1.807, 2.05) is 11.8 Å². The molecule has 2 heterocycles. The Morgan fingerprint density at radius 2 is 2.32 bits per heavy atom. The summed E-state index contributed by atoms with van der Waals surface area (Å²) in [6.07, 6.45) is 4.56. The molecule has 0 aromatic carbocycles. The van der Waals surface area contributed by atoms with Crippen LogP contribution in [0.5, 0.6) is 0 Å². The highest BCUT2D eigenvalue weighted by atomic mass is 32.1. The number of aliphatic hydroxyl groups is 1. The number of carbonyl (C=O) groups is 1. The summed E-state index contributed by atoms with van der Waals surface area (Å²) in [4.78, 5) is 18.4. The first kappa shape index (κ1) is 14.7. The van der Waals surface area contributed by atoms with Gasteiger partial charge in [-0.1, -0.05) is 12.8 Å². The Morgan fingerprint density at radius 1 is 1.53 bits per heavy atom. The number of amides is 1. The molecule has 0 saturated carbocycles. The van der Waals surface area contributed by atoms with Gasteiger partial charge in [0.25, 0.3) is 0 Å². The molecule has 1 saturated heterocycles. The number of carbonyl (C=O) groups excluding carboxylic acids is 1. The summed E-state index contributed by atoms with van der Waals surface area (Å²) in [7, 11) is 0. The van der Waals surface area contributed by atoms with E-state index in [1.165, 1.54) is 11.3 Å². The molecule has 1 aliphatic heterocycles. The largest absolute Gasteiger partial charge is 0.394 e. The molecule has 0 bridgehead atoms. The van der Waals surface area contributed by atoms with Crippen LogP contribution < -0.4 is 0 Å². The summed E-state index contributed by atoms with van der Waals surface area (Å²) >= 11 is 6.57. The summed E-state index contributed by atoms with van der Waals surface area (Å²) in [6, 6.07) is -0.0118. The molecular weight excluding hydrogens is 280 g/mol. The number of hydrogen-bond acceptors (Lipinski definition) is 4. The maximum absolute atomic E-state index is 12.4. The Hall–Kier alpha value is -0.720. The Morgan fingerprint density at radius 3 is 2.95 bits per heavy atom. The van der Waals surface area contributed by atoms with Crippen molar-refractivity contribution in [1.29, 1.82) is 0 Å². The van der Waals surface area contributed by atoms with Crippen LogP contribution in [-0.4, -0.2) is 40.1 Å². The summed E-state index contributed by atoms with van der Waals surface area (Å²) in [5.74, 6) is 0.106. The second-order valence-corrected chi connectivity index (χ2v) is 6.78. The van der Waals surface area contributed by atoms with Crippen LogP contribution in [-0.2, 0) is 11.2 Å². The Balaban J connectivity index is 2.09. The first-order valence-electron chi connectivity index (χ1n) is 6.70. The number of aromatic amines is 1. The number of likely N-dealkylation sites (tertiary alicyclic amines) is 1. The molecule has 1 aromatic heterocycles. The van der Waals surface area contributed by atoms with Gasteiger partial charge in [-0.2, -0.15) is 0 Å². The van der Waals surface area contributed by atoms with Crippen molar-refractivity contribution in [2.45, 2.75) is 45.1 Å². The number of rotatable bonds is 3. The molecule has 106 valence electrons. The fourth-order valence-corrected chi connectivity index (χ4v) is 3.82. The van der Waals surface area contributed by atoms with E-state index >= 15 is 0 Å². The third-order valence-electron chi connectivity index (χ3n) is 3.64. The van der Waals surface area contributed by atoms with Crippen LogP contribution in [0.1, 0.15) is 36.3 Å². The van der Waals surface area contributed by atoms with Crippen molar-refractivity contribution in [2.24, 2.45) is 0 Å². The molecule has 4 nitrogen and oxygen atoms in total. The van der Waals surface area contributed by atoms with Gasteiger partial charge >= 0.3 is 0 Å². The zero-order chi connectivity index (χ0) is 13.8. The molecule has 0 spiro atoms. The van der Waals surface area contributed by atoms with E-state index in [4.69, 9.17) is 12.2 Å². The lowest BCUT2D eigenvalue weighted by Gasteiger charge is -2.28. The molecule has 1 aliphatic rings. The minimum atomic E-state index is -0.0118. The zero-order valence-electron chi connectivity index (χ0n) is 11.1. The SMILES string of the molecule is Cc1[nH]c(=S)sc1CC(=O)N1CCCCCC1CO. The number of aromatic nitrogens is 1. The molecular formula is C13H20N2O2S2. The number of aryl methyl sites for hydroxylation is 1. The molecule has 1 aromatic rings. The number of nitrogens with one attached hydrogen (secondary N) is 1. The summed E-state index contributed by atoms with van der Waals surface area (Å²) in [5, 5.41) is 9.45. The lowest BCUT2D eigenvalue weighted by Crippen LogP contribution is -2.42. The molecule has 1 amide bonds. The quantitative estimate of drug-likeness (QED) is 0.843. The Labute approximate surface area is 122 Å². The monoisotopic (exact) mass is 300 g/mol. The molecule has 1 fully saturated rings. The lowest BCUT2D eigenvalue weighted by molar-refractivity contribution is -0.133. The maximum Gasteiger partial charge on any atom is 0.228 e. The van der Waals surface area contributed by atoms with E-state index in [9.17, 15) is 9.90 Å². The van der Waals surface area contributed by atoms with Gasteiger partial charge < -0.3 is 15.0 Å². The normalized spacial score (nSPS) is 20.3. The highest BCUT2D eigenvalue weighted by molar-refractivity contribution is 7.73. The molecule has 19 heavy (non-hydrogen) atoms. The second kappa shape index (κ2) is 6.63. The number of nitrogens with zero attached hydrogens (tertiary/aromatic N) is 1. The predicted octanol–water partition coefficient (Wildman–Crippen LogP) is 2.42. The average Bonchev–Trinajstić information content (AvgIpc) is 2.59. The zero-order valence-corrected chi connectivity index (χ0v) is 12.8. The van der Waals surface area contributed by atoms with Gasteiger partial charge in [-0.15, -0.1) is 11.3 Å². The second-order valence-electron chi connectivity index (χ2n) is 5.01. The molecule has 2 N–H and O–H groups in total. The predicted molar refractivity (Wildman–Crippen MR) is 79.0 cm³/mol. The topological polar surface area (TPSA) is 56.3 Å². The third kappa shape index (κ3) is 3.64. The van der Waals surface area contributed by atoms with E-state index in [1.54, 1.807) is 0 Å². The van der Waals surface area contributed by atoms with Gasteiger partial charge in [0.2, 0.25) is 5.91 Å². The van der Waals surface area contributed by atoms with Gasteiger partial charge in [0.05, 0.1) is 19.1 Å². The van der Waals surface area contributed by atoms with Gasteiger partial charge in [0, 0.05) is 17.1 Å². The van der Waals surface area contributed by atoms with Crippen LogP contribution in [0.4, 0.5) is 0 Å². The molecule has 0 radical (unpaired) electrons. The number of H-pyrrole nitrogens is 1. The van der Waals surface area contributed by atoms with Gasteiger partial charge in [-0.05, 0) is 32.0 Å². The van der Waals surface area contributed by atoms with Crippen molar-refractivity contribution in [1.82, 2.24) is 9.88 Å². The molecule has 6 heteroatoms. The van der Waals surface area contributed by atoms with E-state index in [2.05, 4.69) is 4.98 Å². The van der Waals surface area contributed by atoms with Crippen molar-refractivity contribution in [2.75, 3.05) is 13.2 Å². The molecule has 0 aliphatic carbocycles. The van der Waals surface area contributed by atoms with Crippen LogP contribution in [0, 0.1) is 10.9 Å². The van der Waals surface area contributed by atoms with E-state index < -0.39 is 0 Å². The van der Waals surface area contributed by atoms with Gasteiger partial charge in [0.15, 0.2) is 3.95 Å². The summed E-state index contributed by atoms with van der Waals surface area (Å²) in [6.45, 7) is 2.77. The Kier molecular flexibility index (Phi) is 5.13. The van der Waals surface area contributed by atoms with Gasteiger partial charge in [-0.25, -0.2) is 0 Å². The van der Waals surface area contributed by atoms with E-state index in [0.29, 0.717) is 6.42 Å². The lowest BCUT2D eigenvalue weighted by atomic mass is 10.1. The van der Waals surface area contributed by atoms with Crippen molar-refractivity contribution >= 4 is 29.5 Å². The fourth-order valence-electron chi connectivity index (χ4n) is 2.54. The third-order valence-corrected chi connectivity index (χ3v) is 4.98. The van der Waals surface area contributed by atoms with Crippen LogP contribution in [0.3, 0.4) is 0 Å². The maximum atomic E-state index is 12.4. The van der Waals surface area contributed by atoms with Crippen LogP contribution in [0.2, 0.25) is 0 Å². The summed E-state index contributed by atoms with van der Waals surface area (Å²) < 4.78 is 0.717. The van der Waals surface area contributed by atoms with Crippen LogP contribution >= 0.6 is 23.6 Å². The number of hydrogen-bond donors (Lipinski definition) is 2. The molecule has 1 unspecified atom stereocenters. The number of aliphatic hydroxyl groups excluding tert-OH is 1. The van der Waals surface area contributed by atoms with Gasteiger partial charge in [0.1, 0.15) is 0 Å². The van der Waals surface area contributed by atoms with E-state index in [0.717, 1.165) is 46.8 Å². The van der Waals surface area contributed by atoms with Crippen molar-refractivity contribution in [3.8, 4) is 0 Å². The standard InChI is InChI=1S/C13H20N2O2S2/c1-9-11(19-13(18)14-9)7-12(17)15-6-4-2-3-5-10(15)8-16/h10,16H,2-8H2,1H3,(H,14,18). The Bertz CT molecular complexity index is 495. The number of thiazole rings is 1. The molecule has 1 atom stereocenters. The van der Waals surface area contributed by atoms with Crippen molar-refractivity contribution in [3.05, 3.63) is 14.5 Å². The minimum absolute atomic E-state index is 0.0118. The average molecular weight is 300 g/mol. The summed E-state index contributed by atoms with van der Waals surface area (Å²) in [5.41, 5.74) is 0.985. The van der Waals surface area contributed by atoms with Crippen molar-refractivity contribution in [3.63, 3.8) is 0 Å². The first-order valence-corrected chi connectivity index (χ1v) is 7.93. The van der Waals surface area contributed by atoms with E-state index in [-0.39, 0.29) is 18.6 Å².